The van der Waals surface area contributed by atoms with Crippen molar-refractivity contribution in [1.82, 2.24) is 4.98 Å². The molecular formula is C25H19ClF2N2O2. The van der Waals surface area contributed by atoms with E-state index in [2.05, 4.69) is 10.3 Å². The number of aromatic nitrogens is 1. The number of anilines is 1. The number of nitrogens with zero attached hydrogens (tertiary/aromatic N) is 1. The summed E-state index contributed by atoms with van der Waals surface area (Å²) < 4.78 is 34.8. The third kappa shape index (κ3) is 3.92. The molecule has 1 aromatic heterocycles. The first-order chi connectivity index (χ1) is 15.5. The first-order valence-electron chi connectivity index (χ1n) is 10.4. The molecule has 1 fully saturated rings. The number of amides is 1. The van der Waals surface area contributed by atoms with Gasteiger partial charge >= 0.3 is 0 Å². The molecule has 1 amide bonds. The average molecular weight is 453 g/mol. The summed E-state index contributed by atoms with van der Waals surface area (Å²) in [7, 11) is 0. The standard InChI is InChI=1S/C25H19ClF2N2O2/c26-23-11-14(9-10-29-23)24-19(13-16-6-8-22(24)32-16)25(31)30-15-5-7-18(21(28)12-15)17-3-1-2-4-20(17)27/h1-5,7,9-12,16,22H,6,8,13H2,(H,30,31)/t16-,22+/m1/s1. The Morgan fingerprint density at radius 3 is 2.62 bits per heavy atom. The smallest absolute Gasteiger partial charge is 0.252 e. The van der Waals surface area contributed by atoms with Gasteiger partial charge in [-0.3, -0.25) is 4.79 Å². The van der Waals surface area contributed by atoms with E-state index in [4.69, 9.17) is 16.3 Å². The Morgan fingerprint density at radius 1 is 1.03 bits per heavy atom. The molecule has 0 aliphatic carbocycles. The fourth-order valence-corrected chi connectivity index (χ4v) is 4.62. The van der Waals surface area contributed by atoms with Crippen molar-refractivity contribution in [3.05, 3.63) is 88.7 Å². The number of pyridine rings is 1. The van der Waals surface area contributed by atoms with Crippen LogP contribution in [0.3, 0.4) is 0 Å². The van der Waals surface area contributed by atoms with Crippen LogP contribution >= 0.6 is 11.6 Å². The van der Waals surface area contributed by atoms with Gasteiger partial charge in [-0.25, -0.2) is 13.8 Å². The molecule has 5 rings (SSSR count). The molecule has 2 aliphatic heterocycles. The number of carbonyl (C=O) groups excluding carboxylic acids is 1. The lowest BCUT2D eigenvalue weighted by molar-refractivity contribution is -0.113. The van der Waals surface area contributed by atoms with Crippen LogP contribution in [0.15, 0.2) is 66.4 Å². The monoisotopic (exact) mass is 452 g/mol. The summed E-state index contributed by atoms with van der Waals surface area (Å²) >= 11 is 6.07. The van der Waals surface area contributed by atoms with Crippen molar-refractivity contribution >= 4 is 28.8 Å². The molecule has 162 valence electrons. The van der Waals surface area contributed by atoms with Gasteiger partial charge in [0.25, 0.3) is 5.91 Å². The second-order valence-electron chi connectivity index (χ2n) is 7.92. The molecule has 2 aliphatic rings. The minimum atomic E-state index is -0.616. The number of nitrogens with one attached hydrogen (secondary N) is 1. The van der Waals surface area contributed by atoms with E-state index < -0.39 is 11.6 Å². The van der Waals surface area contributed by atoms with Crippen molar-refractivity contribution in [3.63, 3.8) is 0 Å². The Bertz CT molecular complexity index is 1240. The van der Waals surface area contributed by atoms with E-state index in [1.54, 1.807) is 36.5 Å². The van der Waals surface area contributed by atoms with Gasteiger partial charge in [-0.15, -0.1) is 0 Å². The van der Waals surface area contributed by atoms with Crippen molar-refractivity contribution in [2.45, 2.75) is 31.5 Å². The van der Waals surface area contributed by atoms with Crippen LogP contribution in [0, 0.1) is 11.6 Å². The topological polar surface area (TPSA) is 51.2 Å². The molecule has 0 unspecified atom stereocenters. The Labute approximate surface area is 188 Å². The zero-order valence-electron chi connectivity index (χ0n) is 16.9. The molecule has 4 nitrogen and oxygen atoms in total. The van der Waals surface area contributed by atoms with E-state index in [1.807, 2.05) is 0 Å². The zero-order chi connectivity index (χ0) is 22.2. The minimum Gasteiger partial charge on any atom is -0.370 e. The lowest BCUT2D eigenvalue weighted by atomic mass is 9.92. The summed E-state index contributed by atoms with van der Waals surface area (Å²) in [5.41, 5.74) is 2.79. The average Bonchev–Trinajstić information content (AvgIpc) is 3.15. The summed E-state index contributed by atoms with van der Waals surface area (Å²) in [5, 5.41) is 3.13. The van der Waals surface area contributed by atoms with Gasteiger partial charge in [0.05, 0.1) is 12.2 Å². The quantitative estimate of drug-likeness (QED) is 0.492. The molecule has 2 atom stereocenters. The molecule has 0 saturated carbocycles. The van der Waals surface area contributed by atoms with Crippen LogP contribution in [0.25, 0.3) is 16.7 Å². The molecular weight excluding hydrogens is 434 g/mol. The maximum absolute atomic E-state index is 14.8. The minimum absolute atomic E-state index is 0.0121. The summed E-state index contributed by atoms with van der Waals surface area (Å²) in [6.45, 7) is 0. The highest BCUT2D eigenvalue weighted by atomic mass is 35.5. The lowest BCUT2D eigenvalue weighted by Crippen LogP contribution is -2.27. The third-order valence-corrected chi connectivity index (χ3v) is 6.10. The molecule has 0 spiro atoms. The first kappa shape index (κ1) is 20.8. The summed E-state index contributed by atoms with van der Waals surface area (Å²) in [6, 6.07) is 13.8. The Morgan fingerprint density at radius 2 is 1.84 bits per heavy atom. The predicted octanol–water partition coefficient (Wildman–Crippen LogP) is 6.02. The first-order valence-corrected chi connectivity index (χ1v) is 10.7. The van der Waals surface area contributed by atoms with E-state index in [0.717, 1.165) is 24.0 Å². The molecule has 32 heavy (non-hydrogen) atoms. The van der Waals surface area contributed by atoms with E-state index in [9.17, 15) is 13.6 Å². The van der Waals surface area contributed by atoms with Gasteiger partial charge in [0.2, 0.25) is 0 Å². The molecule has 3 heterocycles. The van der Waals surface area contributed by atoms with Crippen LogP contribution in [0.4, 0.5) is 14.5 Å². The zero-order valence-corrected chi connectivity index (χ0v) is 17.7. The SMILES string of the molecule is O=C(Nc1ccc(-c2ccccc2F)c(F)c1)C1=C(c2ccnc(Cl)c2)[C@@H]2CC[C@H](C1)O2. The molecule has 1 N–H and O–H groups in total. The van der Waals surface area contributed by atoms with Gasteiger partial charge in [0.15, 0.2) is 0 Å². The number of carbonyl (C=O) groups is 1. The molecule has 1 saturated heterocycles. The molecule has 2 aromatic carbocycles. The fourth-order valence-electron chi connectivity index (χ4n) is 4.44. The van der Waals surface area contributed by atoms with Crippen LogP contribution in [0.1, 0.15) is 24.8 Å². The van der Waals surface area contributed by atoms with Crippen molar-refractivity contribution in [1.29, 1.82) is 0 Å². The Kier molecular flexibility index (Phi) is 5.49. The van der Waals surface area contributed by atoms with E-state index in [1.165, 1.54) is 24.3 Å². The van der Waals surface area contributed by atoms with Crippen LogP contribution in [-0.2, 0) is 9.53 Å². The van der Waals surface area contributed by atoms with E-state index in [0.29, 0.717) is 22.8 Å². The Hall–Kier alpha value is -3.09. The largest absolute Gasteiger partial charge is 0.370 e. The maximum Gasteiger partial charge on any atom is 0.252 e. The highest BCUT2D eigenvalue weighted by Crippen LogP contribution is 2.42. The van der Waals surface area contributed by atoms with E-state index >= 15 is 0 Å². The number of ether oxygens (including phenoxy) is 1. The van der Waals surface area contributed by atoms with Crippen molar-refractivity contribution in [3.8, 4) is 11.1 Å². The van der Waals surface area contributed by atoms with Crippen molar-refractivity contribution in [2.75, 3.05) is 5.32 Å². The maximum atomic E-state index is 14.8. The van der Waals surface area contributed by atoms with Gasteiger partial charge in [0.1, 0.15) is 16.8 Å². The highest BCUT2D eigenvalue weighted by molar-refractivity contribution is 6.29. The molecule has 3 aromatic rings. The van der Waals surface area contributed by atoms with Crippen LogP contribution < -0.4 is 5.32 Å². The summed E-state index contributed by atoms with van der Waals surface area (Å²) in [6.07, 6.45) is 3.55. The number of benzene rings is 2. The van der Waals surface area contributed by atoms with E-state index in [-0.39, 0.29) is 29.2 Å². The van der Waals surface area contributed by atoms with Crippen LogP contribution in [-0.4, -0.2) is 23.1 Å². The fraction of sp³-hybridized carbons (Fsp3) is 0.200. The van der Waals surface area contributed by atoms with Gasteiger partial charge in [-0.2, -0.15) is 0 Å². The summed E-state index contributed by atoms with van der Waals surface area (Å²) in [4.78, 5) is 17.2. The third-order valence-electron chi connectivity index (χ3n) is 5.89. The normalized spacial score (nSPS) is 19.8. The number of hydrogen-bond acceptors (Lipinski definition) is 3. The van der Waals surface area contributed by atoms with Gasteiger partial charge in [-0.05, 0) is 60.4 Å². The van der Waals surface area contributed by atoms with Crippen molar-refractivity contribution in [2.24, 2.45) is 0 Å². The van der Waals surface area contributed by atoms with Gasteiger partial charge < -0.3 is 10.1 Å². The highest BCUT2D eigenvalue weighted by Gasteiger charge is 2.38. The predicted molar refractivity (Wildman–Crippen MR) is 119 cm³/mol. The van der Waals surface area contributed by atoms with Crippen molar-refractivity contribution < 1.29 is 18.3 Å². The van der Waals surface area contributed by atoms with Gasteiger partial charge in [-0.1, -0.05) is 29.8 Å². The lowest BCUT2D eigenvalue weighted by Gasteiger charge is -2.27. The second kappa shape index (κ2) is 8.45. The number of fused-ring (bicyclic) bond motifs is 2. The van der Waals surface area contributed by atoms with Gasteiger partial charge in [0, 0.05) is 35.0 Å². The summed E-state index contributed by atoms with van der Waals surface area (Å²) in [5.74, 6) is -1.44. The second-order valence-corrected chi connectivity index (χ2v) is 8.30. The number of hydrogen-bond donors (Lipinski definition) is 1. The van der Waals surface area contributed by atoms with Crippen LogP contribution in [0.2, 0.25) is 5.15 Å². The molecule has 0 radical (unpaired) electrons. The number of rotatable bonds is 4. The molecule has 7 heteroatoms. The molecule has 2 bridgehead atoms. The Balaban J connectivity index is 1.46. The number of halogens is 3. The van der Waals surface area contributed by atoms with Crippen LogP contribution in [0.5, 0.6) is 0 Å².